The van der Waals surface area contributed by atoms with Crippen LogP contribution in [0.5, 0.6) is 0 Å². The Morgan fingerprint density at radius 3 is 2.80 bits per heavy atom. The Bertz CT molecular complexity index is 298. The first-order chi connectivity index (χ1) is 7.04. The van der Waals surface area contributed by atoms with Crippen molar-refractivity contribution >= 4 is 28.2 Å². The van der Waals surface area contributed by atoms with Crippen LogP contribution in [0.4, 0.5) is 18.3 Å². The molecule has 0 aliphatic carbocycles. The summed E-state index contributed by atoms with van der Waals surface area (Å²) in [5.74, 6) is 0.991. The molecule has 0 aromatic carbocycles. The van der Waals surface area contributed by atoms with Gasteiger partial charge in [-0.3, -0.25) is 0 Å². The predicted molar refractivity (Wildman–Crippen MR) is 58.6 cm³/mol. The zero-order valence-electron chi connectivity index (χ0n) is 8.10. The fourth-order valence-corrected chi connectivity index (χ4v) is 2.04. The maximum Gasteiger partial charge on any atom is 0.427 e. The summed E-state index contributed by atoms with van der Waals surface area (Å²) in [7, 11) is 0. The molecule has 0 radical (unpaired) electrons. The minimum atomic E-state index is -4.28. The van der Waals surface area contributed by atoms with E-state index >= 15 is 0 Å². The van der Waals surface area contributed by atoms with Crippen LogP contribution in [-0.2, 0) is 6.18 Å². The first-order valence-electron chi connectivity index (χ1n) is 4.30. The van der Waals surface area contributed by atoms with Crippen LogP contribution >= 0.6 is 23.1 Å². The molecule has 0 atom stereocenters. The second-order valence-corrected chi connectivity index (χ2v) is 4.82. The molecule has 7 heteroatoms. The smallest absolute Gasteiger partial charge is 0.361 e. The second-order valence-electron chi connectivity index (χ2n) is 2.80. The number of thiazole rings is 1. The van der Waals surface area contributed by atoms with E-state index in [2.05, 4.69) is 10.3 Å². The van der Waals surface area contributed by atoms with Crippen LogP contribution in [0.2, 0.25) is 0 Å². The number of hydrogen-bond donors (Lipinski definition) is 1. The number of aromatic nitrogens is 1. The zero-order chi connectivity index (χ0) is 11.3. The molecule has 1 heterocycles. The fourth-order valence-electron chi connectivity index (χ4n) is 0.899. The lowest BCUT2D eigenvalue weighted by molar-refractivity contribution is -0.134. The molecular formula is C8H11F3N2S2. The lowest BCUT2D eigenvalue weighted by Crippen LogP contribution is -2.02. The Labute approximate surface area is 94.3 Å². The molecule has 1 aromatic rings. The highest BCUT2D eigenvalue weighted by atomic mass is 32.2. The van der Waals surface area contributed by atoms with Crippen LogP contribution in [0.1, 0.15) is 11.3 Å². The molecule has 1 N–H and O–H groups in total. The van der Waals surface area contributed by atoms with E-state index in [-0.39, 0.29) is 0 Å². The van der Waals surface area contributed by atoms with Crippen molar-refractivity contribution in [3.8, 4) is 0 Å². The molecule has 1 aromatic heterocycles. The van der Waals surface area contributed by atoms with Gasteiger partial charge in [-0.1, -0.05) is 11.3 Å². The Morgan fingerprint density at radius 2 is 2.27 bits per heavy atom. The van der Waals surface area contributed by atoms with Crippen molar-refractivity contribution in [2.75, 3.05) is 23.9 Å². The minimum Gasteiger partial charge on any atom is -0.361 e. The van der Waals surface area contributed by atoms with Crippen LogP contribution in [-0.4, -0.2) is 23.5 Å². The van der Waals surface area contributed by atoms with Gasteiger partial charge in [0.25, 0.3) is 0 Å². The number of halogens is 3. The van der Waals surface area contributed by atoms with E-state index in [1.54, 1.807) is 11.8 Å². The summed E-state index contributed by atoms with van der Waals surface area (Å²) in [5, 5.41) is 3.20. The molecule has 15 heavy (non-hydrogen) atoms. The molecule has 0 saturated heterocycles. The maximum atomic E-state index is 12.2. The Hall–Kier alpha value is -0.430. The highest BCUT2D eigenvalue weighted by molar-refractivity contribution is 7.98. The molecule has 86 valence electrons. The summed E-state index contributed by atoms with van der Waals surface area (Å²) < 4.78 is 36.6. The van der Waals surface area contributed by atoms with Gasteiger partial charge < -0.3 is 5.32 Å². The van der Waals surface area contributed by atoms with Crippen LogP contribution in [0, 0.1) is 0 Å². The molecule has 0 aliphatic rings. The average molecular weight is 256 g/mol. The summed E-state index contributed by atoms with van der Waals surface area (Å²) >= 11 is 2.35. The molecule has 0 aliphatic heterocycles. The van der Waals surface area contributed by atoms with Gasteiger partial charge in [0.15, 0.2) is 5.13 Å². The van der Waals surface area contributed by atoms with Crippen molar-refractivity contribution in [2.45, 2.75) is 12.6 Å². The first kappa shape index (κ1) is 12.6. The van der Waals surface area contributed by atoms with Gasteiger partial charge in [-0.05, 0) is 18.4 Å². The number of hydrogen-bond acceptors (Lipinski definition) is 4. The third kappa shape index (κ3) is 4.29. The lowest BCUT2D eigenvalue weighted by Gasteiger charge is -2.01. The summed E-state index contributed by atoms with van der Waals surface area (Å²) in [6, 6.07) is 0. The quantitative estimate of drug-likeness (QED) is 0.818. The summed E-state index contributed by atoms with van der Waals surface area (Å²) in [5.41, 5.74) is 0. The summed E-state index contributed by atoms with van der Waals surface area (Å²) in [6.07, 6.45) is -0.508. The standard InChI is InChI=1S/C8H11F3N2S2/c1-14-4-2-3-12-7-13-5-6(15-7)8(9,10)11/h5H,2-4H2,1H3,(H,12,13). The molecular weight excluding hydrogens is 245 g/mol. The summed E-state index contributed by atoms with van der Waals surface area (Å²) in [4.78, 5) is 3.00. The van der Waals surface area contributed by atoms with E-state index in [0.29, 0.717) is 23.0 Å². The van der Waals surface area contributed by atoms with Crippen molar-refractivity contribution in [1.82, 2.24) is 4.98 Å². The van der Waals surface area contributed by atoms with Gasteiger partial charge in [-0.2, -0.15) is 24.9 Å². The zero-order valence-corrected chi connectivity index (χ0v) is 9.73. The number of alkyl halides is 3. The monoisotopic (exact) mass is 256 g/mol. The number of rotatable bonds is 5. The van der Waals surface area contributed by atoms with Gasteiger partial charge >= 0.3 is 6.18 Å². The van der Waals surface area contributed by atoms with Crippen LogP contribution in [0.15, 0.2) is 6.20 Å². The summed E-state index contributed by atoms with van der Waals surface area (Å²) in [6.45, 7) is 0.658. The fraction of sp³-hybridized carbons (Fsp3) is 0.625. The van der Waals surface area contributed by atoms with E-state index in [1.807, 2.05) is 6.26 Å². The van der Waals surface area contributed by atoms with Crippen LogP contribution < -0.4 is 5.32 Å². The predicted octanol–water partition coefficient (Wildman–Crippen LogP) is 3.33. The molecule has 0 saturated carbocycles. The minimum absolute atomic E-state index is 0.337. The van der Waals surface area contributed by atoms with Gasteiger partial charge in [0.1, 0.15) is 4.88 Å². The number of thioether (sulfide) groups is 1. The molecule has 0 unspecified atom stereocenters. The first-order valence-corrected chi connectivity index (χ1v) is 6.51. The van der Waals surface area contributed by atoms with E-state index in [0.717, 1.165) is 18.4 Å². The van der Waals surface area contributed by atoms with Crippen molar-refractivity contribution < 1.29 is 13.2 Å². The van der Waals surface area contributed by atoms with E-state index < -0.39 is 11.1 Å². The molecule has 0 bridgehead atoms. The molecule has 0 spiro atoms. The molecule has 1 rings (SSSR count). The number of anilines is 1. The third-order valence-electron chi connectivity index (χ3n) is 1.59. The van der Waals surface area contributed by atoms with Crippen molar-refractivity contribution in [3.05, 3.63) is 11.1 Å². The Kier molecular flexibility index (Phi) is 4.72. The maximum absolute atomic E-state index is 12.2. The SMILES string of the molecule is CSCCCNc1ncc(C(F)(F)F)s1. The highest BCUT2D eigenvalue weighted by Crippen LogP contribution is 2.34. The normalized spacial score (nSPS) is 11.7. The van der Waals surface area contributed by atoms with Gasteiger partial charge in [0.2, 0.25) is 0 Å². The van der Waals surface area contributed by atoms with E-state index in [9.17, 15) is 13.2 Å². The lowest BCUT2D eigenvalue weighted by atomic mass is 10.5. The molecule has 0 fully saturated rings. The Morgan fingerprint density at radius 1 is 1.53 bits per heavy atom. The molecule has 0 amide bonds. The van der Waals surface area contributed by atoms with Gasteiger partial charge in [0, 0.05) is 6.54 Å². The average Bonchev–Trinajstić information content (AvgIpc) is 2.60. The van der Waals surface area contributed by atoms with Crippen LogP contribution in [0.25, 0.3) is 0 Å². The third-order valence-corrected chi connectivity index (χ3v) is 3.28. The topological polar surface area (TPSA) is 24.9 Å². The molecule has 2 nitrogen and oxygen atoms in total. The Balaban J connectivity index is 2.40. The van der Waals surface area contributed by atoms with Crippen molar-refractivity contribution in [3.63, 3.8) is 0 Å². The van der Waals surface area contributed by atoms with Gasteiger partial charge in [-0.25, -0.2) is 4.98 Å². The number of nitrogens with zero attached hydrogens (tertiary/aromatic N) is 1. The number of nitrogens with one attached hydrogen (secondary N) is 1. The van der Waals surface area contributed by atoms with Gasteiger partial charge in [-0.15, -0.1) is 0 Å². The van der Waals surface area contributed by atoms with Crippen molar-refractivity contribution in [1.29, 1.82) is 0 Å². The van der Waals surface area contributed by atoms with E-state index in [1.165, 1.54) is 0 Å². The highest BCUT2D eigenvalue weighted by Gasteiger charge is 2.33. The largest absolute Gasteiger partial charge is 0.427 e. The van der Waals surface area contributed by atoms with Gasteiger partial charge in [0.05, 0.1) is 6.20 Å². The second kappa shape index (κ2) is 5.60. The van der Waals surface area contributed by atoms with Crippen molar-refractivity contribution in [2.24, 2.45) is 0 Å². The van der Waals surface area contributed by atoms with E-state index in [4.69, 9.17) is 0 Å². The van der Waals surface area contributed by atoms with Crippen LogP contribution in [0.3, 0.4) is 0 Å².